The van der Waals surface area contributed by atoms with E-state index in [1.165, 1.54) is 0 Å². The number of hydrogen-bond acceptors (Lipinski definition) is 4. The van der Waals surface area contributed by atoms with Crippen LogP contribution in [0, 0.1) is 0 Å². The number of rotatable bonds is 10. The van der Waals surface area contributed by atoms with E-state index in [2.05, 4.69) is 5.32 Å². The third-order valence-corrected chi connectivity index (χ3v) is 4.00. The zero-order valence-corrected chi connectivity index (χ0v) is 16.4. The molecular formula is C20H25ClN2O4. The Morgan fingerprint density at radius 2 is 1.74 bits per heavy atom. The molecule has 0 saturated carbocycles. The number of carbonyl (C=O) groups is 1. The zero-order chi connectivity index (χ0) is 19.5. The molecule has 0 saturated heterocycles. The number of hydrogen-bond donors (Lipinski definition) is 1. The number of nitrogens with zero attached hydrogens (tertiary/aromatic N) is 1. The highest BCUT2D eigenvalue weighted by atomic mass is 35.5. The van der Waals surface area contributed by atoms with Gasteiger partial charge in [-0.2, -0.15) is 0 Å². The second-order valence-corrected chi connectivity index (χ2v) is 6.27. The van der Waals surface area contributed by atoms with Crippen LogP contribution in [0.4, 0.5) is 4.79 Å². The number of benzene rings is 2. The molecule has 0 heterocycles. The summed E-state index contributed by atoms with van der Waals surface area (Å²) in [5.41, 5.74) is 0. The fraction of sp³-hybridized carbons (Fsp3) is 0.350. The average Bonchev–Trinajstić information content (AvgIpc) is 2.68. The summed E-state index contributed by atoms with van der Waals surface area (Å²) in [6.45, 7) is 1.92. The Labute approximate surface area is 165 Å². The second kappa shape index (κ2) is 11.2. The molecule has 0 bridgehead atoms. The molecule has 2 aromatic rings. The van der Waals surface area contributed by atoms with E-state index in [-0.39, 0.29) is 6.03 Å². The number of likely N-dealkylation sites (N-methyl/N-ethyl adjacent to an activating group) is 1. The summed E-state index contributed by atoms with van der Waals surface area (Å²) in [5, 5.41) is 3.48. The predicted octanol–water partition coefficient (Wildman–Crippen LogP) is 3.84. The van der Waals surface area contributed by atoms with E-state index in [0.29, 0.717) is 43.5 Å². The van der Waals surface area contributed by atoms with Gasteiger partial charge in [0.2, 0.25) is 0 Å². The highest BCUT2D eigenvalue weighted by molar-refractivity contribution is 6.30. The van der Waals surface area contributed by atoms with Crippen LogP contribution >= 0.6 is 11.6 Å². The number of nitrogens with one attached hydrogen (secondary N) is 1. The first-order valence-electron chi connectivity index (χ1n) is 8.72. The minimum Gasteiger partial charge on any atom is -0.497 e. The molecule has 1 N–H and O–H groups in total. The third-order valence-electron chi connectivity index (χ3n) is 3.76. The van der Waals surface area contributed by atoms with Gasteiger partial charge in [-0.15, -0.1) is 0 Å². The van der Waals surface area contributed by atoms with Gasteiger partial charge in [-0.05, 0) is 48.9 Å². The van der Waals surface area contributed by atoms with Crippen LogP contribution in [0.3, 0.4) is 0 Å². The van der Waals surface area contributed by atoms with E-state index < -0.39 is 0 Å². The van der Waals surface area contributed by atoms with Gasteiger partial charge < -0.3 is 24.4 Å². The van der Waals surface area contributed by atoms with Crippen molar-refractivity contribution in [3.8, 4) is 17.2 Å². The first-order chi connectivity index (χ1) is 13.1. The molecule has 146 valence electrons. The molecule has 0 unspecified atom stereocenters. The molecule has 0 aliphatic carbocycles. The van der Waals surface area contributed by atoms with Crippen molar-refractivity contribution in [2.75, 3.05) is 40.5 Å². The standard InChI is InChI=1S/C20H25ClN2O4/c1-23(12-14-27-19-6-3-5-16(21)15-19)20(24)22-11-4-13-26-18-9-7-17(25-2)8-10-18/h3,5-10,15H,4,11-14H2,1-2H3,(H,22,24). The summed E-state index contributed by atoms with van der Waals surface area (Å²) in [6.07, 6.45) is 0.713. The molecule has 0 fully saturated rings. The Bertz CT molecular complexity index is 709. The van der Waals surface area contributed by atoms with E-state index in [9.17, 15) is 4.79 Å². The van der Waals surface area contributed by atoms with Crippen molar-refractivity contribution < 1.29 is 19.0 Å². The van der Waals surface area contributed by atoms with Crippen molar-refractivity contribution in [1.29, 1.82) is 0 Å². The molecular weight excluding hydrogens is 368 g/mol. The van der Waals surface area contributed by atoms with Crippen LogP contribution in [0.2, 0.25) is 5.02 Å². The highest BCUT2D eigenvalue weighted by Crippen LogP contribution is 2.17. The van der Waals surface area contributed by atoms with Crippen LogP contribution in [0.15, 0.2) is 48.5 Å². The summed E-state index contributed by atoms with van der Waals surface area (Å²) in [7, 11) is 3.35. The number of ether oxygens (including phenoxy) is 3. The lowest BCUT2D eigenvalue weighted by Gasteiger charge is -2.18. The van der Waals surface area contributed by atoms with Gasteiger partial charge in [0, 0.05) is 18.6 Å². The SMILES string of the molecule is COc1ccc(OCCCNC(=O)N(C)CCOc2cccc(Cl)c2)cc1. The third kappa shape index (κ3) is 7.66. The van der Waals surface area contributed by atoms with Crippen LogP contribution in [0.1, 0.15) is 6.42 Å². The maximum absolute atomic E-state index is 12.0. The zero-order valence-electron chi connectivity index (χ0n) is 15.6. The van der Waals surface area contributed by atoms with E-state index in [0.717, 1.165) is 11.5 Å². The molecule has 0 aliphatic rings. The largest absolute Gasteiger partial charge is 0.497 e. The average molecular weight is 393 g/mol. The first kappa shape index (κ1) is 20.7. The van der Waals surface area contributed by atoms with Crippen LogP contribution in [-0.2, 0) is 0 Å². The van der Waals surface area contributed by atoms with Crippen LogP contribution < -0.4 is 19.5 Å². The summed E-state index contributed by atoms with van der Waals surface area (Å²) in [6, 6.07) is 14.4. The molecule has 7 heteroatoms. The Morgan fingerprint density at radius 1 is 1.04 bits per heavy atom. The van der Waals surface area contributed by atoms with Crippen molar-refractivity contribution in [2.24, 2.45) is 0 Å². The molecule has 27 heavy (non-hydrogen) atoms. The van der Waals surface area contributed by atoms with Crippen molar-refractivity contribution in [1.82, 2.24) is 10.2 Å². The molecule has 0 aliphatic heterocycles. The van der Waals surface area contributed by atoms with Gasteiger partial charge in [-0.3, -0.25) is 0 Å². The van der Waals surface area contributed by atoms with Gasteiger partial charge in [-0.1, -0.05) is 17.7 Å². The molecule has 0 radical (unpaired) electrons. The number of halogens is 1. The number of methoxy groups -OCH3 is 1. The second-order valence-electron chi connectivity index (χ2n) is 5.84. The summed E-state index contributed by atoms with van der Waals surface area (Å²) < 4.78 is 16.3. The minimum absolute atomic E-state index is 0.144. The van der Waals surface area contributed by atoms with E-state index in [1.54, 1.807) is 31.2 Å². The predicted molar refractivity (Wildman–Crippen MR) is 106 cm³/mol. The smallest absolute Gasteiger partial charge is 0.317 e. The topological polar surface area (TPSA) is 60.0 Å². The maximum atomic E-state index is 12.0. The summed E-state index contributed by atoms with van der Waals surface area (Å²) >= 11 is 5.90. The van der Waals surface area contributed by atoms with Crippen LogP contribution in [0.25, 0.3) is 0 Å². The summed E-state index contributed by atoms with van der Waals surface area (Å²) in [4.78, 5) is 13.6. The molecule has 2 aromatic carbocycles. The molecule has 0 spiro atoms. The van der Waals surface area contributed by atoms with E-state index >= 15 is 0 Å². The minimum atomic E-state index is -0.144. The Morgan fingerprint density at radius 3 is 2.44 bits per heavy atom. The van der Waals surface area contributed by atoms with Crippen LogP contribution in [0.5, 0.6) is 17.2 Å². The van der Waals surface area contributed by atoms with Gasteiger partial charge in [0.15, 0.2) is 0 Å². The Hall–Kier alpha value is -2.60. The van der Waals surface area contributed by atoms with Crippen molar-refractivity contribution in [3.05, 3.63) is 53.6 Å². The monoisotopic (exact) mass is 392 g/mol. The lowest BCUT2D eigenvalue weighted by Crippen LogP contribution is -2.40. The van der Waals surface area contributed by atoms with E-state index in [1.807, 2.05) is 36.4 Å². The quantitative estimate of drug-likeness (QED) is 0.624. The highest BCUT2D eigenvalue weighted by Gasteiger charge is 2.07. The fourth-order valence-electron chi connectivity index (χ4n) is 2.22. The maximum Gasteiger partial charge on any atom is 0.317 e. The van der Waals surface area contributed by atoms with Gasteiger partial charge in [0.1, 0.15) is 23.9 Å². The van der Waals surface area contributed by atoms with Gasteiger partial charge in [0.05, 0.1) is 20.3 Å². The summed E-state index contributed by atoms with van der Waals surface area (Å²) in [5.74, 6) is 2.25. The van der Waals surface area contributed by atoms with Gasteiger partial charge >= 0.3 is 6.03 Å². The molecule has 2 rings (SSSR count). The molecule has 2 amide bonds. The first-order valence-corrected chi connectivity index (χ1v) is 9.10. The van der Waals surface area contributed by atoms with E-state index in [4.69, 9.17) is 25.8 Å². The fourth-order valence-corrected chi connectivity index (χ4v) is 2.40. The molecule has 0 aromatic heterocycles. The molecule has 0 atom stereocenters. The lowest BCUT2D eigenvalue weighted by molar-refractivity contribution is 0.194. The number of amides is 2. The Balaban J connectivity index is 1.56. The van der Waals surface area contributed by atoms with Crippen molar-refractivity contribution in [2.45, 2.75) is 6.42 Å². The number of carbonyl (C=O) groups excluding carboxylic acids is 1. The lowest BCUT2D eigenvalue weighted by atomic mass is 10.3. The number of urea groups is 1. The van der Waals surface area contributed by atoms with Crippen molar-refractivity contribution >= 4 is 17.6 Å². The van der Waals surface area contributed by atoms with Crippen LogP contribution in [-0.4, -0.2) is 51.4 Å². The molecule has 6 nitrogen and oxygen atoms in total. The normalized spacial score (nSPS) is 10.2. The Kier molecular flexibility index (Phi) is 8.58. The van der Waals surface area contributed by atoms with Gasteiger partial charge in [0.25, 0.3) is 0 Å². The van der Waals surface area contributed by atoms with Gasteiger partial charge in [-0.25, -0.2) is 4.79 Å². The van der Waals surface area contributed by atoms with Crippen molar-refractivity contribution in [3.63, 3.8) is 0 Å².